The number of nitrogens with one attached hydrogen (secondary N) is 2. The Kier molecular flexibility index (Phi) is 4.21. The summed E-state index contributed by atoms with van der Waals surface area (Å²) in [6.45, 7) is 6.69. The van der Waals surface area contributed by atoms with Crippen LogP contribution in [0.1, 0.15) is 51.8 Å². The number of rotatable bonds is 6. The van der Waals surface area contributed by atoms with Crippen LogP contribution in [0.4, 0.5) is 0 Å². The highest BCUT2D eigenvalue weighted by Crippen LogP contribution is 2.42. The Balaban J connectivity index is 1.81. The van der Waals surface area contributed by atoms with Gasteiger partial charge in [-0.05, 0) is 30.6 Å². The Morgan fingerprint density at radius 2 is 2.18 bits per heavy atom. The highest BCUT2D eigenvalue weighted by atomic mass is 15.0. The van der Waals surface area contributed by atoms with E-state index >= 15 is 0 Å². The lowest BCUT2D eigenvalue weighted by Crippen LogP contribution is -2.33. The van der Waals surface area contributed by atoms with E-state index in [1.165, 1.54) is 32.1 Å². The first-order valence-electron chi connectivity index (χ1n) is 6.89. The van der Waals surface area contributed by atoms with Gasteiger partial charge >= 0.3 is 0 Å². The van der Waals surface area contributed by atoms with Crippen molar-refractivity contribution in [2.45, 2.75) is 52.5 Å². The molecule has 1 saturated carbocycles. The topological polar surface area (TPSA) is 40.7 Å². The maximum Gasteiger partial charge on any atom is 0.120 e. The molecule has 1 aliphatic rings. The fraction of sp³-hybridized carbons (Fsp3) is 0.786. The molecule has 3 nitrogen and oxygen atoms in total. The lowest BCUT2D eigenvalue weighted by atomic mass is 9.78. The lowest BCUT2D eigenvalue weighted by Gasteiger charge is -2.31. The first-order chi connectivity index (χ1) is 8.20. The molecule has 0 spiro atoms. The highest BCUT2D eigenvalue weighted by Gasteiger charge is 2.33. The first kappa shape index (κ1) is 12.6. The minimum Gasteiger partial charge on any atom is -0.348 e. The summed E-state index contributed by atoms with van der Waals surface area (Å²) in [5.74, 6) is 1.85. The van der Waals surface area contributed by atoms with Gasteiger partial charge in [0.25, 0.3) is 0 Å². The van der Waals surface area contributed by atoms with Crippen molar-refractivity contribution in [1.82, 2.24) is 15.3 Å². The van der Waals surface area contributed by atoms with Crippen LogP contribution in [0.3, 0.4) is 0 Å². The molecule has 1 fully saturated rings. The monoisotopic (exact) mass is 235 g/mol. The van der Waals surface area contributed by atoms with Crippen molar-refractivity contribution in [1.29, 1.82) is 0 Å². The minimum atomic E-state index is 0.556. The Hall–Kier alpha value is -0.830. The summed E-state index contributed by atoms with van der Waals surface area (Å²) >= 11 is 0. The van der Waals surface area contributed by atoms with E-state index in [2.05, 4.69) is 29.1 Å². The Morgan fingerprint density at radius 3 is 2.76 bits per heavy atom. The molecular formula is C14H25N3. The van der Waals surface area contributed by atoms with Gasteiger partial charge in [-0.25, -0.2) is 4.98 Å². The van der Waals surface area contributed by atoms with Gasteiger partial charge in [0.15, 0.2) is 0 Å². The molecule has 1 aromatic heterocycles. The second kappa shape index (κ2) is 5.67. The van der Waals surface area contributed by atoms with Crippen LogP contribution < -0.4 is 5.32 Å². The second-order valence-corrected chi connectivity index (χ2v) is 5.94. The smallest absolute Gasteiger partial charge is 0.120 e. The van der Waals surface area contributed by atoms with Crippen LogP contribution in [-0.2, 0) is 6.54 Å². The van der Waals surface area contributed by atoms with Gasteiger partial charge in [-0.1, -0.05) is 26.7 Å². The van der Waals surface area contributed by atoms with E-state index in [1.807, 2.05) is 12.4 Å². The maximum absolute atomic E-state index is 4.25. The predicted molar refractivity (Wildman–Crippen MR) is 70.7 cm³/mol. The molecule has 96 valence electrons. The molecule has 0 atom stereocenters. The second-order valence-electron chi connectivity index (χ2n) is 5.94. The summed E-state index contributed by atoms with van der Waals surface area (Å²) in [7, 11) is 0. The molecule has 1 heterocycles. The summed E-state index contributed by atoms with van der Waals surface area (Å²) in [6.07, 6.45) is 10.7. The van der Waals surface area contributed by atoms with Gasteiger partial charge in [0.1, 0.15) is 5.82 Å². The van der Waals surface area contributed by atoms with E-state index in [1.54, 1.807) is 0 Å². The Labute approximate surface area is 104 Å². The maximum atomic E-state index is 4.25. The molecule has 1 aromatic rings. The number of hydrogen-bond donors (Lipinski definition) is 2. The van der Waals surface area contributed by atoms with Crippen LogP contribution >= 0.6 is 0 Å². The third kappa shape index (κ3) is 3.56. The molecule has 2 rings (SSSR count). The SMILES string of the molecule is CC(C)CC1(CNCc2ncc[nH]2)CCCC1. The zero-order valence-electron chi connectivity index (χ0n) is 11.1. The number of hydrogen-bond acceptors (Lipinski definition) is 2. The number of aromatic nitrogens is 2. The van der Waals surface area contributed by atoms with Crippen LogP contribution in [-0.4, -0.2) is 16.5 Å². The van der Waals surface area contributed by atoms with Crippen molar-refractivity contribution in [2.24, 2.45) is 11.3 Å². The molecule has 0 bridgehead atoms. The predicted octanol–water partition coefficient (Wildman–Crippen LogP) is 3.11. The van der Waals surface area contributed by atoms with E-state index < -0.39 is 0 Å². The number of nitrogens with zero attached hydrogens (tertiary/aromatic N) is 1. The number of aromatic amines is 1. The van der Waals surface area contributed by atoms with Crippen molar-refractivity contribution in [3.05, 3.63) is 18.2 Å². The third-order valence-electron chi connectivity index (χ3n) is 3.85. The average Bonchev–Trinajstić information content (AvgIpc) is 2.89. The molecular weight excluding hydrogens is 210 g/mol. The highest BCUT2D eigenvalue weighted by molar-refractivity contribution is 4.90. The molecule has 2 N–H and O–H groups in total. The standard InChI is InChI=1S/C14H25N3/c1-12(2)9-14(5-3-4-6-14)11-15-10-13-16-7-8-17-13/h7-8,12,15H,3-6,9-11H2,1-2H3,(H,16,17). The summed E-state index contributed by atoms with van der Waals surface area (Å²) in [6, 6.07) is 0. The van der Waals surface area contributed by atoms with Crippen LogP contribution in [0.2, 0.25) is 0 Å². The van der Waals surface area contributed by atoms with E-state index in [-0.39, 0.29) is 0 Å². The zero-order chi connectivity index (χ0) is 12.1. The van der Waals surface area contributed by atoms with Gasteiger partial charge in [0.2, 0.25) is 0 Å². The van der Waals surface area contributed by atoms with Gasteiger partial charge in [0.05, 0.1) is 6.54 Å². The van der Waals surface area contributed by atoms with Gasteiger partial charge in [-0.15, -0.1) is 0 Å². The molecule has 17 heavy (non-hydrogen) atoms. The fourth-order valence-electron chi connectivity index (χ4n) is 3.28. The van der Waals surface area contributed by atoms with Crippen molar-refractivity contribution in [3.63, 3.8) is 0 Å². The Bertz CT molecular complexity index is 310. The van der Waals surface area contributed by atoms with Crippen molar-refractivity contribution < 1.29 is 0 Å². The minimum absolute atomic E-state index is 0.556. The first-order valence-corrected chi connectivity index (χ1v) is 6.89. The Morgan fingerprint density at radius 1 is 1.41 bits per heavy atom. The largest absolute Gasteiger partial charge is 0.348 e. The lowest BCUT2D eigenvalue weighted by molar-refractivity contribution is 0.223. The van der Waals surface area contributed by atoms with Crippen LogP contribution in [0.15, 0.2) is 12.4 Å². The third-order valence-corrected chi connectivity index (χ3v) is 3.85. The fourth-order valence-corrected chi connectivity index (χ4v) is 3.28. The van der Waals surface area contributed by atoms with Crippen LogP contribution in [0, 0.1) is 11.3 Å². The molecule has 0 saturated heterocycles. The van der Waals surface area contributed by atoms with E-state index in [0.717, 1.165) is 24.8 Å². The normalized spacial score (nSPS) is 19.0. The molecule has 3 heteroatoms. The van der Waals surface area contributed by atoms with Gasteiger partial charge in [-0.3, -0.25) is 0 Å². The van der Waals surface area contributed by atoms with E-state index in [0.29, 0.717) is 5.41 Å². The van der Waals surface area contributed by atoms with Crippen molar-refractivity contribution in [2.75, 3.05) is 6.54 Å². The molecule has 0 aliphatic heterocycles. The van der Waals surface area contributed by atoms with Crippen LogP contribution in [0.25, 0.3) is 0 Å². The summed E-state index contributed by atoms with van der Waals surface area (Å²) in [5.41, 5.74) is 0.556. The van der Waals surface area contributed by atoms with Crippen molar-refractivity contribution >= 4 is 0 Å². The molecule has 0 aromatic carbocycles. The van der Waals surface area contributed by atoms with Crippen molar-refractivity contribution in [3.8, 4) is 0 Å². The summed E-state index contributed by atoms with van der Waals surface area (Å²) in [5, 5.41) is 3.58. The van der Waals surface area contributed by atoms with Gasteiger partial charge in [0, 0.05) is 18.9 Å². The number of H-pyrrole nitrogens is 1. The molecule has 0 unspecified atom stereocenters. The summed E-state index contributed by atoms with van der Waals surface area (Å²) < 4.78 is 0. The molecule has 0 radical (unpaired) electrons. The zero-order valence-corrected chi connectivity index (χ0v) is 11.1. The van der Waals surface area contributed by atoms with Gasteiger partial charge in [-0.2, -0.15) is 0 Å². The van der Waals surface area contributed by atoms with E-state index in [4.69, 9.17) is 0 Å². The molecule has 0 amide bonds. The molecule has 1 aliphatic carbocycles. The summed E-state index contributed by atoms with van der Waals surface area (Å²) in [4.78, 5) is 7.39. The average molecular weight is 235 g/mol. The van der Waals surface area contributed by atoms with E-state index in [9.17, 15) is 0 Å². The van der Waals surface area contributed by atoms with Gasteiger partial charge < -0.3 is 10.3 Å². The number of imidazole rings is 1. The quantitative estimate of drug-likeness (QED) is 0.795. The van der Waals surface area contributed by atoms with Crippen LogP contribution in [0.5, 0.6) is 0 Å².